The third-order valence-electron chi connectivity index (χ3n) is 4.36. The van der Waals surface area contributed by atoms with Crippen LogP contribution >= 0.6 is 11.3 Å². The highest BCUT2D eigenvalue weighted by Crippen LogP contribution is 2.25. The number of anilines is 1. The molecule has 0 spiro atoms. The highest BCUT2D eigenvalue weighted by molar-refractivity contribution is 7.94. The zero-order valence-corrected chi connectivity index (χ0v) is 17.1. The number of hydrogen-bond donors (Lipinski definition) is 1. The molecule has 28 heavy (non-hydrogen) atoms. The van der Waals surface area contributed by atoms with Crippen LogP contribution in [0.5, 0.6) is 0 Å². The van der Waals surface area contributed by atoms with E-state index in [1.54, 1.807) is 35.4 Å². The number of sulfonamides is 1. The third-order valence-corrected chi connectivity index (χ3v) is 7.18. The van der Waals surface area contributed by atoms with Crippen LogP contribution in [0.4, 0.5) is 5.69 Å². The van der Waals surface area contributed by atoms with Gasteiger partial charge in [-0.05, 0) is 50.5 Å². The summed E-state index contributed by atoms with van der Waals surface area (Å²) in [6.45, 7) is 3.34. The van der Waals surface area contributed by atoms with Crippen LogP contribution in [0.15, 0.2) is 39.9 Å². The third kappa shape index (κ3) is 4.71. The number of rotatable bonds is 6. The van der Waals surface area contributed by atoms with Gasteiger partial charge in [0, 0.05) is 24.2 Å². The molecule has 9 heteroatoms. The number of carbonyl (C=O) groups excluding carboxylic acids is 2. The molecule has 1 fully saturated rings. The van der Waals surface area contributed by atoms with Crippen molar-refractivity contribution in [1.29, 1.82) is 0 Å². The highest BCUT2D eigenvalue weighted by atomic mass is 32.2. The van der Waals surface area contributed by atoms with Crippen molar-refractivity contribution >= 4 is 38.9 Å². The lowest BCUT2D eigenvalue weighted by Gasteiger charge is -2.26. The van der Waals surface area contributed by atoms with Gasteiger partial charge in [-0.3, -0.25) is 9.52 Å². The van der Waals surface area contributed by atoms with E-state index in [4.69, 9.17) is 4.74 Å². The van der Waals surface area contributed by atoms with Crippen molar-refractivity contribution in [3.05, 3.63) is 46.8 Å². The quantitative estimate of drug-likeness (QED) is 0.721. The highest BCUT2D eigenvalue weighted by Gasteiger charge is 2.23. The molecule has 1 saturated heterocycles. The number of ether oxygens (including phenoxy) is 1. The normalized spacial score (nSPS) is 14.5. The number of thiophene rings is 1. The number of esters is 1. The molecule has 150 valence electrons. The van der Waals surface area contributed by atoms with Crippen LogP contribution in [0, 0.1) is 0 Å². The Bertz CT molecular complexity index is 962. The van der Waals surface area contributed by atoms with E-state index in [2.05, 4.69) is 4.72 Å². The van der Waals surface area contributed by atoms with Crippen molar-refractivity contribution in [3.8, 4) is 0 Å². The van der Waals surface area contributed by atoms with Crippen molar-refractivity contribution in [3.63, 3.8) is 0 Å². The summed E-state index contributed by atoms with van der Waals surface area (Å²) in [5.41, 5.74) is 0.893. The first-order chi connectivity index (χ1) is 13.4. The monoisotopic (exact) mass is 422 g/mol. The van der Waals surface area contributed by atoms with Gasteiger partial charge in [-0.1, -0.05) is 6.07 Å². The van der Waals surface area contributed by atoms with Crippen LogP contribution in [0.3, 0.4) is 0 Å². The van der Waals surface area contributed by atoms with Gasteiger partial charge in [-0.15, -0.1) is 11.3 Å². The number of benzene rings is 1. The molecule has 0 atom stereocenters. The molecular formula is C19H22N2O5S2. The average Bonchev–Trinajstić information content (AvgIpc) is 3.19. The second-order valence-electron chi connectivity index (χ2n) is 6.41. The second kappa shape index (κ2) is 8.74. The molecule has 0 aliphatic carbocycles. The molecule has 3 rings (SSSR count). The molecule has 0 bridgehead atoms. The summed E-state index contributed by atoms with van der Waals surface area (Å²) in [6.07, 6.45) is 3.06. The zero-order chi connectivity index (χ0) is 20.1. The Morgan fingerprint density at radius 2 is 1.89 bits per heavy atom. The lowest BCUT2D eigenvalue weighted by molar-refractivity contribution is 0.0526. The predicted molar refractivity (Wildman–Crippen MR) is 107 cm³/mol. The van der Waals surface area contributed by atoms with Gasteiger partial charge in [0.2, 0.25) is 0 Å². The molecule has 7 nitrogen and oxygen atoms in total. The minimum absolute atomic E-state index is 0.0504. The fourth-order valence-electron chi connectivity index (χ4n) is 2.98. The summed E-state index contributed by atoms with van der Waals surface area (Å²) in [4.78, 5) is 26.1. The number of piperidine rings is 1. The van der Waals surface area contributed by atoms with Gasteiger partial charge < -0.3 is 9.64 Å². The van der Waals surface area contributed by atoms with Crippen LogP contribution in [-0.4, -0.2) is 44.9 Å². The first kappa shape index (κ1) is 20.3. The fourth-order valence-corrected chi connectivity index (χ4v) is 5.18. The van der Waals surface area contributed by atoms with Crippen molar-refractivity contribution < 1.29 is 22.7 Å². The van der Waals surface area contributed by atoms with Gasteiger partial charge >= 0.3 is 5.97 Å². The van der Waals surface area contributed by atoms with Gasteiger partial charge in [-0.25, -0.2) is 13.2 Å². The Morgan fingerprint density at radius 1 is 1.14 bits per heavy atom. The van der Waals surface area contributed by atoms with E-state index in [-0.39, 0.29) is 28.0 Å². The number of amides is 1. The Hall–Kier alpha value is -2.39. The maximum Gasteiger partial charge on any atom is 0.338 e. The number of likely N-dealkylation sites (tertiary alicyclic amines) is 1. The SMILES string of the molecule is CCOC(=O)c1cccc(NS(=O)(=O)c2cc(C(=O)N3CCCCC3)cs2)c1. The summed E-state index contributed by atoms with van der Waals surface area (Å²) in [6, 6.07) is 7.50. The van der Waals surface area contributed by atoms with Crippen molar-refractivity contribution in [2.45, 2.75) is 30.4 Å². The molecule has 1 aromatic carbocycles. The molecule has 1 aliphatic heterocycles. The van der Waals surface area contributed by atoms with Gasteiger partial charge in [-0.2, -0.15) is 0 Å². The lowest BCUT2D eigenvalue weighted by atomic mass is 10.1. The smallest absolute Gasteiger partial charge is 0.338 e. The van der Waals surface area contributed by atoms with E-state index in [9.17, 15) is 18.0 Å². The summed E-state index contributed by atoms with van der Waals surface area (Å²) >= 11 is 0.997. The molecule has 1 amide bonds. The molecule has 1 N–H and O–H groups in total. The Balaban J connectivity index is 1.75. The van der Waals surface area contributed by atoms with E-state index >= 15 is 0 Å². The topological polar surface area (TPSA) is 92.8 Å². The van der Waals surface area contributed by atoms with Crippen LogP contribution < -0.4 is 4.72 Å². The Kier molecular flexibility index (Phi) is 6.35. The van der Waals surface area contributed by atoms with Crippen LogP contribution in [0.1, 0.15) is 46.9 Å². The maximum absolute atomic E-state index is 12.7. The van der Waals surface area contributed by atoms with E-state index in [0.29, 0.717) is 18.7 Å². The van der Waals surface area contributed by atoms with Gasteiger partial charge in [0.15, 0.2) is 0 Å². The maximum atomic E-state index is 12.7. The van der Waals surface area contributed by atoms with Gasteiger partial charge in [0.25, 0.3) is 15.9 Å². The largest absolute Gasteiger partial charge is 0.462 e. The molecule has 1 aromatic heterocycles. The fraction of sp³-hybridized carbons (Fsp3) is 0.368. The number of nitrogens with zero attached hydrogens (tertiary/aromatic N) is 1. The van der Waals surface area contributed by atoms with Crippen molar-refractivity contribution in [2.75, 3.05) is 24.4 Å². The average molecular weight is 423 g/mol. The summed E-state index contributed by atoms with van der Waals surface area (Å²) in [7, 11) is -3.87. The second-order valence-corrected chi connectivity index (χ2v) is 9.23. The number of hydrogen-bond acceptors (Lipinski definition) is 6. The lowest BCUT2D eigenvalue weighted by Crippen LogP contribution is -2.35. The minimum atomic E-state index is -3.87. The first-order valence-corrected chi connectivity index (χ1v) is 11.4. The summed E-state index contributed by atoms with van der Waals surface area (Å²) in [5, 5.41) is 1.57. The summed E-state index contributed by atoms with van der Waals surface area (Å²) < 4.78 is 32.8. The van der Waals surface area contributed by atoms with Crippen molar-refractivity contribution in [1.82, 2.24) is 4.90 Å². The molecular weight excluding hydrogens is 400 g/mol. The molecule has 2 aromatic rings. The minimum Gasteiger partial charge on any atom is -0.462 e. The standard InChI is InChI=1S/C19H22N2O5S2/c1-2-26-19(23)14-7-6-8-16(11-14)20-28(24,25)17-12-15(13-27-17)18(22)21-9-4-3-5-10-21/h6-8,11-13,20H,2-5,9-10H2,1H3. The summed E-state index contributed by atoms with van der Waals surface area (Å²) in [5.74, 6) is -0.657. The Morgan fingerprint density at radius 3 is 2.61 bits per heavy atom. The number of carbonyl (C=O) groups is 2. The van der Waals surface area contributed by atoms with E-state index < -0.39 is 16.0 Å². The van der Waals surface area contributed by atoms with Gasteiger partial charge in [0.05, 0.1) is 17.7 Å². The van der Waals surface area contributed by atoms with E-state index in [1.807, 2.05) is 0 Å². The van der Waals surface area contributed by atoms with Crippen LogP contribution in [0.2, 0.25) is 0 Å². The van der Waals surface area contributed by atoms with Crippen LogP contribution in [0.25, 0.3) is 0 Å². The zero-order valence-electron chi connectivity index (χ0n) is 15.5. The van der Waals surface area contributed by atoms with Crippen molar-refractivity contribution in [2.24, 2.45) is 0 Å². The van der Waals surface area contributed by atoms with E-state index in [0.717, 1.165) is 30.6 Å². The molecule has 1 aliphatic rings. The molecule has 0 radical (unpaired) electrons. The number of nitrogens with one attached hydrogen (secondary N) is 1. The molecule has 0 saturated carbocycles. The molecule has 0 unspecified atom stereocenters. The first-order valence-electron chi connectivity index (χ1n) is 9.08. The predicted octanol–water partition coefficient (Wildman–Crippen LogP) is 3.35. The Labute approximate surface area is 168 Å². The molecule has 2 heterocycles. The van der Waals surface area contributed by atoms with E-state index in [1.165, 1.54) is 12.1 Å². The van der Waals surface area contributed by atoms with Gasteiger partial charge in [0.1, 0.15) is 4.21 Å². The van der Waals surface area contributed by atoms with Crippen LogP contribution in [-0.2, 0) is 14.8 Å².